The van der Waals surface area contributed by atoms with Crippen molar-refractivity contribution in [3.8, 4) is 5.75 Å². The maximum absolute atomic E-state index is 10.9. The second-order valence-electron chi connectivity index (χ2n) is 4.13. The van der Waals surface area contributed by atoms with Gasteiger partial charge < -0.3 is 5.11 Å². The molecule has 0 aliphatic heterocycles. The average molecular weight is 271 g/mol. The highest BCUT2D eigenvalue weighted by Crippen LogP contribution is 2.23. The van der Waals surface area contributed by atoms with Gasteiger partial charge in [-0.2, -0.15) is 5.10 Å². The molecule has 0 fully saturated rings. The maximum Gasteiger partial charge on any atom is 0.294 e. The Morgan fingerprint density at radius 1 is 1.20 bits per heavy atom. The Morgan fingerprint density at radius 2 is 1.85 bits per heavy atom. The van der Waals surface area contributed by atoms with Crippen LogP contribution in [0.2, 0.25) is 0 Å². The SMILES string of the molecule is C/C(=N/Nc1ccccc1[N+](=O)[O-])c1ccc(O)cc1. The molecule has 0 unspecified atom stereocenters. The van der Waals surface area contributed by atoms with Crippen molar-refractivity contribution in [3.05, 3.63) is 64.2 Å². The predicted molar refractivity (Wildman–Crippen MR) is 77.0 cm³/mol. The molecule has 0 amide bonds. The number of hydrazone groups is 1. The van der Waals surface area contributed by atoms with Crippen molar-refractivity contribution in [2.45, 2.75) is 6.92 Å². The lowest BCUT2D eigenvalue weighted by molar-refractivity contribution is -0.384. The molecule has 0 saturated carbocycles. The van der Waals surface area contributed by atoms with Crippen LogP contribution in [-0.2, 0) is 0 Å². The standard InChI is InChI=1S/C14H13N3O3/c1-10(11-6-8-12(18)9-7-11)15-16-13-4-2-3-5-14(13)17(19)20/h2-9,16,18H,1H3/b15-10-. The zero-order valence-electron chi connectivity index (χ0n) is 10.8. The number of nitro groups is 1. The molecule has 102 valence electrons. The van der Waals surface area contributed by atoms with E-state index < -0.39 is 4.92 Å². The Bertz CT molecular complexity index is 651. The van der Waals surface area contributed by atoms with Crippen molar-refractivity contribution in [1.29, 1.82) is 0 Å². The molecule has 0 aliphatic carbocycles. The fourth-order valence-corrected chi connectivity index (χ4v) is 1.64. The number of phenolic OH excluding ortho intramolecular Hbond substituents is 1. The Morgan fingerprint density at radius 3 is 2.50 bits per heavy atom. The van der Waals surface area contributed by atoms with E-state index in [-0.39, 0.29) is 11.4 Å². The predicted octanol–water partition coefficient (Wildman–Crippen LogP) is 3.14. The topological polar surface area (TPSA) is 87.8 Å². The molecule has 0 spiro atoms. The first-order chi connectivity index (χ1) is 9.58. The van der Waals surface area contributed by atoms with Crippen molar-refractivity contribution in [3.63, 3.8) is 0 Å². The molecular weight excluding hydrogens is 258 g/mol. The third kappa shape index (κ3) is 3.11. The normalized spacial score (nSPS) is 11.2. The molecule has 20 heavy (non-hydrogen) atoms. The van der Waals surface area contributed by atoms with Crippen LogP contribution in [0.25, 0.3) is 0 Å². The second kappa shape index (κ2) is 5.83. The number of aromatic hydroxyl groups is 1. The van der Waals surface area contributed by atoms with Gasteiger partial charge in [0, 0.05) is 6.07 Å². The number of hydrogen-bond acceptors (Lipinski definition) is 5. The Balaban J connectivity index is 2.21. The van der Waals surface area contributed by atoms with Gasteiger partial charge >= 0.3 is 0 Å². The lowest BCUT2D eigenvalue weighted by atomic mass is 10.1. The molecule has 6 nitrogen and oxygen atoms in total. The third-order valence-electron chi connectivity index (χ3n) is 2.73. The molecule has 0 aliphatic rings. The fraction of sp³-hybridized carbons (Fsp3) is 0.0714. The minimum Gasteiger partial charge on any atom is -0.508 e. The quantitative estimate of drug-likeness (QED) is 0.508. The summed E-state index contributed by atoms with van der Waals surface area (Å²) in [6.07, 6.45) is 0. The molecule has 2 aromatic rings. The molecular formula is C14H13N3O3. The molecule has 2 N–H and O–H groups in total. The van der Waals surface area contributed by atoms with Crippen LogP contribution >= 0.6 is 0 Å². The number of phenols is 1. The minimum atomic E-state index is -0.465. The molecule has 0 radical (unpaired) electrons. The molecule has 0 saturated heterocycles. The molecule has 0 atom stereocenters. The number of nitrogens with zero attached hydrogens (tertiary/aromatic N) is 2. The summed E-state index contributed by atoms with van der Waals surface area (Å²) in [5, 5.41) is 24.2. The first kappa shape index (κ1) is 13.5. The molecule has 0 heterocycles. The summed E-state index contributed by atoms with van der Waals surface area (Å²) in [6.45, 7) is 1.77. The molecule has 6 heteroatoms. The fourth-order valence-electron chi connectivity index (χ4n) is 1.64. The van der Waals surface area contributed by atoms with Gasteiger partial charge in [0.05, 0.1) is 10.6 Å². The Kier molecular flexibility index (Phi) is 3.95. The number of rotatable bonds is 4. The first-order valence-corrected chi connectivity index (χ1v) is 5.91. The number of anilines is 1. The van der Waals surface area contributed by atoms with Gasteiger partial charge in [-0.1, -0.05) is 12.1 Å². The van der Waals surface area contributed by atoms with Gasteiger partial charge in [-0.05, 0) is 42.8 Å². The smallest absolute Gasteiger partial charge is 0.294 e. The van der Waals surface area contributed by atoms with Crippen LogP contribution in [0.1, 0.15) is 12.5 Å². The third-order valence-corrected chi connectivity index (χ3v) is 2.73. The van der Waals surface area contributed by atoms with Gasteiger partial charge in [-0.15, -0.1) is 0 Å². The van der Waals surface area contributed by atoms with E-state index >= 15 is 0 Å². The minimum absolute atomic E-state index is 0.0326. The van der Waals surface area contributed by atoms with Crippen LogP contribution in [-0.4, -0.2) is 15.7 Å². The van der Waals surface area contributed by atoms with E-state index in [1.54, 1.807) is 49.4 Å². The number of para-hydroxylation sites is 2. The number of nitro benzene ring substituents is 1. The van der Waals surface area contributed by atoms with E-state index in [0.717, 1.165) is 5.56 Å². The summed E-state index contributed by atoms with van der Waals surface area (Å²) in [7, 11) is 0. The van der Waals surface area contributed by atoms with Crippen molar-refractivity contribution >= 4 is 17.1 Å². The van der Waals surface area contributed by atoms with Crippen molar-refractivity contribution in [1.82, 2.24) is 0 Å². The monoisotopic (exact) mass is 271 g/mol. The van der Waals surface area contributed by atoms with Gasteiger partial charge in [0.25, 0.3) is 5.69 Å². The van der Waals surface area contributed by atoms with Crippen molar-refractivity contribution in [2.75, 3.05) is 5.43 Å². The Labute approximate surface area is 115 Å². The highest BCUT2D eigenvalue weighted by Gasteiger charge is 2.11. The summed E-state index contributed by atoms with van der Waals surface area (Å²) in [6, 6.07) is 12.8. The average Bonchev–Trinajstić information content (AvgIpc) is 2.45. The largest absolute Gasteiger partial charge is 0.508 e. The van der Waals surface area contributed by atoms with E-state index in [2.05, 4.69) is 10.5 Å². The summed E-state index contributed by atoms with van der Waals surface area (Å²) < 4.78 is 0. The maximum atomic E-state index is 10.9. The first-order valence-electron chi connectivity index (χ1n) is 5.91. The highest BCUT2D eigenvalue weighted by atomic mass is 16.6. The van der Waals surface area contributed by atoms with Crippen molar-refractivity contribution in [2.24, 2.45) is 5.10 Å². The highest BCUT2D eigenvalue weighted by molar-refractivity contribution is 5.99. The molecule has 0 aromatic heterocycles. The van der Waals surface area contributed by atoms with E-state index in [1.165, 1.54) is 6.07 Å². The summed E-state index contributed by atoms with van der Waals surface area (Å²) in [5.41, 5.74) is 4.46. The van der Waals surface area contributed by atoms with Crippen LogP contribution in [0, 0.1) is 10.1 Å². The Hall–Kier alpha value is -2.89. The summed E-state index contributed by atoms with van der Waals surface area (Å²) in [5.74, 6) is 0.174. The summed E-state index contributed by atoms with van der Waals surface area (Å²) in [4.78, 5) is 10.4. The number of hydrogen-bond donors (Lipinski definition) is 2. The number of nitrogens with one attached hydrogen (secondary N) is 1. The lowest BCUT2D eigenvalue weighted by Crippen LogP contribution is -2.01. The zero-order chi connectivity index (χ0) is 14.5. The van der Waals surface area contributed by atoms with Crippen LogP contribution in [0.5, 0.6) is 5.75 Å². The molecule has 0 bridgehead atoms. The number of benzene rings is 2. The van der Waals surface area contributed by atoms with Crippen molar-refractivity contribution < 1.29 is 10.0 Å². The van der Waals surface area contributed by atoms with Gasteiger partial charge in [0.1, 0.15) is 11.4 Å². The van der Waals surface area contributed by atoms with Gasteiger partial charge in [-0.3, -0.25) is 15.5 Å². The van der Waals surface area contributed by atoms with E-state index in [1.807, 2.05) is 0 Å². The van der Waals surface area contributed by atoms with Gasteiger partial charge in [0.2, 0.25) is 0 Å². The van der Waals surface area contributed by atoms with Gasteiger partial charge in [-0.25, -0.2) is 0 Å². The van der Waals surface area contributed by atoms with E-state index in [9.17, 15) is 15.2 Å². The zero-order valence-corrected chi connectivity index (χ0v) is 10.8. The molecule has 2 aromatic carbocycles. The van der Waals surface area contributed by atoms with Gasteiger partial charge in [0.15, 0.2) is 0 Å². The van der Waals surface area contributed by atoms with E-state index in [4.69, 9.17) is 0 Å². The van der Waals surface area contributed by atoms with Crippen LogP contribution in [0.3, 0.4) is 0 Å². The lowest BCUT2D eigenvalue weighted by Gasteiger charge is -2.04. The second-order valence-corrected chi connectivity index (χ2v) is 4.13. The van der Waals surface area contributed by atoms with Crippen LogP contribution in [0.15, 0.2) is 53.6 Å². The van der Waals surface area contributed by atoms with E-state index in [0.29, 0.717) is 11.4 Å². The summed E-state index contributed by atoms with van der Waals surface area (Å²) >= 11 is 0. The van der Waals surface area contributed by atoms with Crippen LogP contribution < -0.4 is 5.43 Å². The molecule has 2 rings (SSSR count). The van der Waals surface area contributed by atoms with Crippen LogP contribution in [0.4, 0.5) is 11.4 Å².